The molecule has 0 saturated heterocycles. The fraction of sp³-hybridized carbons (Fsp3) is 0.222. The van der Waals surface area contributed by atoms with Crippen LogP contribution in [0.3, 0.4) is 0 Å². The first-order valence-electron chi connectivity index (χ1n) is 12.1. The maximum absolute atomic E-state index is 13.6. The summed E-state index contributed by atoms with van der Waals surface area (Å²) in [5, 5.41) is 22.1. The Balaban J connectivity index is 1.96. The molecule has 3 N–H and O–H groups in total. The molecule has 0 saturated carbocycles. The van der Waals surface area contributed by atoms with Crippen molar-refractivity contribution < 1.29 is 36.8 Å². The lowest BCUT2D eigenvalue weighted by Crippen LogP contribution is -2.32. The monoisotopic (exact) mass is 554 g/mol. The highest BCUT2D eigenvalue weighted by Crippen LogP contribution is 2.41. The Labute approximate surface area is 226 Å². The zero-order chi connectivity index (χ0) is 28.5. The number of sulfonamides is 1. The van der Waals surface area contributed by atoms with Gasteiger partial charge in [0.25, 0.3) is 5.91 Å². The molecule has 1 amide bonds. The maximum Gasteiger partial charge on any atom is 0.488 e. The van der Waals surface area contributed by atoms with Crippen LogP contribution >= 0.6 is 0 Å². The molecule has 0 atom stereocenters. The van der Waals surface area contributed by atoms with Gasteiger partial charge in [0, 0.05) is 24.1 Å². The van der Waals surface area contributed by atoms with E-state index in [1.165, 1.54) is 49.5 Å². The number of carbonyl (C=O) groups is 1. The standard InChI is InChI=1S/C27H28BFN2O7S/c1-16(2)37-24-13-21-23(38-26(25(21)27(32)30-3)18-8-10-20(29)11-9-18)14-22(24)31(39(4,35)36)15-17-6-5-7-19(12-17)28(33)34/h5-14,16,33-34H,15H2,1-4H3,(H,30,32). The highest BCUT2D eigenvalue weighted by molar-refractivity contribution is 7.92. The number of fused-ring (bicyclic) bond motifs is 1. The minimum Gasteiger partial charge on any atom is -0.489 e. The fourth-order valence-electron chi connectivity index (χ4n) is 4.21. The Kier molecular flexibility index (Phi) is 8.00. The van der Waals surface area contributed by atoms with Crippen molar-refractivity contribution in [1.29, 1.82) is 0 Å². The van der Waals surface area contributed by atoms with Crippen molar-refractivity contribution in [3.63, 3.8) is 0 Å². The molecule has 3 aromatic carbocycles. The van der Waals surface area contributed by atoms with E-state index in [1.807, 2.05) is 0 Å². The van der Waals surface area contributed by atoms with Crippen molar-refractivity contribution in [3.8, 4) is 17.1 Å². The van der Waals surface area contributed by atoms with Crippen LogP contribution in [0, 0.1) is 5.82 Å². The summed E-state index contributed by atoms with van der Waals surface area (Å²) in [5.41, 5.74) is 1.73. The van der Waals surface area contributed by atoms with E-state index in [-0.39, 0.29) is 46.5 Å². The largest absolute Gasteiger partial charge is 0.489 e. The number of rotatable bonds is 9. The van der Waals surface area contributed by atoms with Crippen molar-refractivity contribution in [2.24, 2.45) is 0 Å². The second-order valence-electron chi connectivity index (χ2n) is 9.26. The van der Waals surface area contributed by atoms with Crippen LogP contribution < -0.4 is 19.8 Å². The van der Waals surface area contributed by atoms with E-state index in [9.17, 15) is 27.7 Å². The molecule has 4 rings (SSSR count). The summed E-state index contributed by atoms with van der Waals surface area (Å²) in [7, 11) is -4.14. The Morgan fingerprint density at radius 3 is 2.41 bits per heavy atom. The van der Waals surface area contributed by atoms with E-state index in [4.69, 9.17) is 9.15 Å². The molecule has 0 spiro atoms. The van der Waals surface area contributed by atoms with Gasteiger partial charge in [-0.3, -0.25) is 9.10 Å². The molecule has 0 aliphatic heterocycles. The first-order chi connectivity index (χ1) is 18.4. The van der Waals surface area contributed by atoms with Crippen LogP contribution in [0.25, 0.3) is 22.3 Å². The SMILES string of the molecule is CNC(=O)c1c(-c2ccc(F)cc2)oc2cc(N(Cc3cccc(B(O)O)c3)S(C)(=O)=O)c(OC(C)C)cc12. The number of anilines is 1. The van der Waals surface area contributed by atoms with Crippen LogP contribution in [0.2, 0.25) is 0 Å². The second-order valence-corrected chi connectivity index (χ2v) is 11.2. The quantitative estimate of drug-likeness (QED) is 0.271. The minimum absolute atomic E-state index is 0.146. The third-order valence-electron chi connectivity index (χ3n) is 5.94. The van der Waals surface area contributed by atoms with Crippen LogP contribution in [0.5, 0.6) is 5.75 Å². The summed E-state index contributed by atoms with van der Waals surface area (Å²) in [6.45, 7) is 3.42. The predicted octanol–water partition coefficient (Wildman–Crippen LogP) is 3.03. The number of amides is 1. The number of ether oxygens (including phenoxy) is 1. The number of benzene rings is 3. The highest BCUT2D eigenvalue weighted by Gasteiger charge is 2.28. The van der Waals surface area contributed by atoms with Gasteiger partial charge in [-0.2, -0.15) is 0 Å². The van der Waals surface area contributed by atoms with Gasteiger partial charge in [0.05, 0.1) is 30.2 Å². The topological polar surface area (TPSA) is 129 Å². The number of nitrogens with zero attached hydrogens (tertiary/aromatic N) is 1. The van der Waals surface area contributed by atoms with Gasteiger partial charge in [0.15, 0.2) is 0 Å². The summed E-state index contributed by atoms with van der Waals surface area (Å²) in [5.74, 6) is -0.520. The van der Waals surface area contributed by atoms with Gasteiger partial charge in [-0.15, -0.1) is 0 Å². The zero-order valence-corrected chi connectivity index (χ0v) is 22.6. The van der Waals surface area contributed by atoms with E-state index in [2.05, 4.69) is 5.32 Å². The number of carbonyl (C=O) groups excluding carboxylic acids is 1. The lowest BCUT2D eigenvalue weighted by Gasteiger charge is -2.26. The van der Waals surface area contributed by atoms with Crippen molar-refractivity contribution in [2.45, 2.75) is 26.5 Å². The predicted molar refractivity (Wildman–Crippen MR) is 148 cm³/mol. The number of hydrogen-bond acceptors (Lipinski definition) is 7. The Morgan fingerprint density at radius 1 is 1.13 bits per heavy atom. The number of furan rings is 1. The van der Waals surface area contributed by atoms with E-state index >= 15 is 0 Å². The zero-order valence-electron chi connectivity index (χ0n) is 21.8. The van der Waals surface area contributed by atoms with Crippen LogP contribution in [0.15, 0.2) is 65.1 Å². The van der Waals surface area contributed by atoms with E-state index in [0.29, 0.717) is 16.5 Å². The number of nitrogens with one attached hydrogen (secondary N) is 1. The molecule has 0 fully saturated rings. The van der Waals surface area contributed by atoms with Crippen LogP contribution in [0.4, 0.5) is 10.1 Å². The molecular formula is C27H28BFN2O7S. The van der Waals surface area contributed by atoms with Crippen LogP contribution in [-0.2, 0) is 16.6 Å². The van der Waals surface area contributed by atoms with Gasteiger partial charge in [0.2, 0.25) is 10.0 Å². The molecule has 4 aromatic rings. The van der Waals surface area contributed by atoms with E-state index in [1.54, 1.807) is 32.0 Å². The second kappa shape index (κ2) is 11.1. The summed E-state index contributed by atoms with van der Waals surface area (Å²) < 4.78 is 52.9. The fourth-order valence-corrected chi connectivity index (χ4v) is 5.09. The van der Waals surface area contributed by atoms with E-state index < -0.39 is 28.9 Å². The average Bonchev–Trinajstić information content (AvgIpc) is 3.24. The number of halogens is 1. The molecule has 1 aromatic heterocycles. The summed E-state index contributed by atoms with van der Waals surface area (Å²) in [6, 6.07) is 14.8. The van der Waals surface area contributed by atoms with Gasteiger partial charge in [0.1, 0.15) is 22.9 Å². The lowest BCUT2D eigenvalue weighted by atomic mass is 9.79. The Morgan fingerprint density at radius 2 is 1.82 bits per heavy atom. The van der Waals surface area contributed by atoms with Gasteiger partial charge in [-0.25, -0.2) is 12.8 Å². The molecule has 39 heavy (non-hydrogen) atoms. The lowest BCUT2D eigenvalue weighted by molar-refractivity contribution is 0.0964. The first-order valence-corrected chi connectivity index (χ1v) is 13.9. The van der Waals surface area contributed by atoms with Crippen molar-refractivity contribution >= 4 is 45.2 Å². The summed E-state index contributed by atoms with van der Waals surface area (Å²) in [4.78, 5) is 13.0. The minimum atomic E-state index is -3.89. The highest BCUT2D eigenvalue weighted by atomic mass is 32.2. The molecule has 9 nitrogen and oxygen atoms in total. The van der Waals surface area contributed by atoms with Gasteiger partial charge in [-0.05, 0) is 55.2 Å². The molecule has 0 aliphatic rings. The number of hydrogen-bond donors (Lipinski definition) is 3. The van der Waals surface area contributed by atoms with Crippen LogP contribution in [-0.4, -0.2) is 50.9 Å². The molecule has 0 bridgehead atoms. The first kappa shape index (κ1) is 28.2. The Hall–Kier alpha value is -3.87. The van der Waals surface area contributed by atoms with Gasteiger partial charge < -0.3 is 24.5 Å². The third-order valence-corrected chi connectivity index (χ3v) is 7.06. The molecule has 0 unspecified atom stereocenters. The van der Waals surface area contributed by atoms with Crippen molar-refractivity contribution in [1.82, 2.24) is 5.32 Å². The van der Waals surface area contributed by atoms with Crippen LogP contribution in [0.1, 0.15) is 29.8 Å². The summed E-state index contributed by atoms with van der Waals surface area (Å²) >= 11 is 0. The average molecular weight is 554 g/mol. The van der Waals surface area contributed by atoms with Gasteiger partial charge in [-0.1, -0.05) is 24.3 Å². The Bertz CT molecular complexity index is 1620. The molecule has 0 aliphatic carbocycles. The van der Waals surface area contributed by atoms with Gasteiger partial charge >= 0.3 is 7.12 Å². The summed E-state index contributed by atoms with van der Waals surface area (Å²) in [6.07, 6.45) is 0.700. The molecule has 204 valence electrons. The van der Waals surface area contributed by atoms with Crippen molar-refractivity contribution in [3.05, 3.63) is 77.6 Å². The molecule has 0 radical (unpaired) electrons. The third kappa shape index (κ3) is 6.08. The normalized spacial score (nSPS) is 11.6. The van der Waals surface area contributed by atoms with E-state index in [0.717, 1.165) is 10.6 Å². The molecule has 12 heteroatoms. The smallest absolute Gasteiger partial charge is 0.488 e. The maximum atomic E-state index is 13.6. The molecule has 1 heterocycles. The molecular weight excluding hydrogens is 526 g/mol. The van der Waals surface area contributed by atoms with Crippen molar-refractivity contribution in [2.75, 3.05) is 17.6 Å².